The largest absolute Gasteiger partial charge is 0.491 e. The zero-order chi connectivity index (χ0) is 26.4. The van der Waals surface area contributed by atoms with Crippen molar-refractivity contribution >= 4 is 11.8 Å². The highest BCUT2D eigenvalue weighted by molar-refractivity contribution is 5.97. The molecule has 1 N–H and O–H groups in total. The molecule has 0 unspecified atom stereocenters. The van der Waals surface area contributed by atoms with Gasteiger partial charge in [-0.25, -0.2) is 0 Å². The molecule has 5 heteroatoms. The van der Waals surface area contributed by atoms with Crippen molar-refractivity contribution in [1.29, 1.82) is 0 Å². The molecule has 4 rings (SSSR count). The molecule has 2 aromatic carbocycles. The second-order valence-corrected chi connectivity index (χ2v) is 11.6. The lowest BCUT2D eigenvalue weighted by molar-refractivity contribution is -0.135. The molecular weight excluding hydrogens is 460 g/mol. The number of fused-ring (bicyclic) bond motifs is 1. The van der Waals surface area contributed by atoms with Gasteiger partial charge < -0.3 is 15.0 Å². The predicted molar refractivity (Wildman–Crippen MR) is 149 cm³/mol. The summed E-state index contributed by atoms with van der Waals surface area (Å²) in [4.78, 5) is 29.3. The van der Waals surface area contributed by atoms with Gasteiger partial charge >= 0.3 is 0 Å². The van der Waals surface area contributed by atoms with E-state index in [4.69, 9.17) is 4.74 Å². The highest BCUT2D eigenvalue weighted by atomic mass is 16.5. The summed E-state index contributed by atoms with van der Waals surface area (Å²) in [6.07, 6.45) is 7.38. The number of benzene rings is 2. The van der Waals surface area contributed by atoms with E-state index >= 15 is 0 Å². The summed E-state index contributed by atoms with van der Waals surface area (Å²) in [5, 5.41) is 3.40. The number of carbonyl (C=O) groups is 2. The molecule has 1 atom stereocenters. The minimum absolute atomic E-state index is 0.0348. The van der Waals surface area contributed by atoms with Crippen LogP contribution in [0.5, 0.6) is 5.75 Å². The fourth-order valence-electron chi connectivity index (χ4n) is 6.11. The third-order valence-corrected chi connectivity index (χ3v) is 8.29. The molecule has 0 saturated carbocycles. The third kappa shape index (κ3) is 6.55. The summed E-state index contributed by atoms with van der Waals surface area (Å²) in [6.45, 7) is 10.1. The van der Waals surface area contributed by atoms with E-state index in [9.17, 15) is 9.59 Å². The molecule has 1 spiro atoms. The van der Waals surface area contributed by atoms with Gasteiger partial charge in [0.2, 0.25) is 5.91 Å². The van der Waals surface area contributed by atoms with Gasteiger partial charge in [-0.15, -0.1) is 0 Å². The van der Waals surface area contributed by atoms with E-state index in [1.165, 1.54) is 5.56 Å². The summed E-state index contributed by atoms with van der Waals surface area (Å²) in [5.74, 6) is 1.64. The molecule has 1 fully saturated rings. The van der Waals surface area contributed by atoms with Crippen LogP contribution in [0.25, 0.3) is 0 Å². The predicted octanol–water partition coefficient (Wildman–Crippen LogP) is 6.25. The maximum Gasteiger partial charge on any atom is 0.254 e. The van der Waals surface area contributed by atoms with Gasteiger partial charge in [0.25, 0.3) is 5.91 Å². The van der Waals surface area contributed by atoms with E-state index in [1.807, 2.05) is 49.1 Å². The van der Waals surface area contributed by atoms with Crippen molar-refractivity contribution in [3.8, 4) is 5.75 Å². The van der Waals surface area contributed by atoms with Gasteiger partial charge in [0, 0.05) is 18.7 Å². The number of para-hydroxylation sites is 1. The second-order valence-electron chi connectivity index (χ2n) is 11.6. The van der Waals surface area contributed by atoms with Gasteiger partial charge in [-0.3, -0.25) is 9.59 Å². The number of carbonyl (C=O) groups excluding carboxylic acids is 2. The van der Waals surface area contributed by atoms with Crippen molar-refractivity contribution in [3.05, 3.63) is 64.7 Å². The molecule has 37 heavy (non-hydrogen) atoms. The van der Waals surface area contributed by atoms with Crippen LogP contribution in [-0.2, 0) is 11.2 Å². The minimum Gasteiger partial charge on any atom is -0.491 e. The Hall–Kier alpha value is -2.82. The zero-order valence-corrected chi connectivity index (χ0v) is 23.1. The van der Waals surface area contributed by atoms with Crippen LogP contribution < -0.4 is 10.1 Å². The maximum absolute atomic E-state index is 13.9. The van der Waals surface area contributed by atoms with Crippen molar-refractivity contribution in [2.75, 3.05) is 19.7 Å². The van der Waals surface area contributed by atoms with Crippen molar-refractivity contribution in [1.82, 2.24) is 10.2 Å². The summed E-state index contributed by atoms with van der Waals surface area (Å²) in [7, 11) is 0. The monoisotopic (exact) mass is 504 g/mol. The van der Waals surface area contributed by atoms with Crippen LogP contribution in [0.1, 0.15) is 85.8 Å². The molecule has 0 bridgehead atoms. The quantitative estimate of drug-likeness (QED) is 0.537. The number of likely N-dealkylation sites (tertiary alicyclic amines) is 1. The fraction of sp³-hybridized carbons (Fsp3) is 0.562. The Morgan fingerprint density at radius 2 is 1.70 bits per heavy atom. The Bertz CT molecular complexity index is 1060. The first kappa shape index (κ1) is 27.2. The van der Waals surface area contributed by atoms with Crippen LogP contribution in [0.2, 0.25) is 0 Å². The lowest BCUT2D eigenvalue weighted by atomic mass is 9.73. The summed E-state index contributed by atoms with van der Waals surface area (Å²) in [5.41, 5.74) is 3.68. The average Bonchev–Trinajstić information content (AvgIpc) is 2.88. The topological polar surface area (TPSA) is 58.6 Å². The molecule has 5 nitrogen and oxygen atoms in total. The lowest BCUT2D eigenvalue weighted by Gasteiger charge is -2.42. The first-order valence-corrected chi connectivity index (χ1v) is 14.2. The van der Waals surface area contributed by atoms with Crippen LogP contribution in [0.3, 0.4) is 0 Å². The van der Waals surface area contributed by atoms with Gasteiger partial charge in [0.15, 0.2) is 0 Å². The standard InChI is InChI=1S/C32H44N2O3/c1-23(2)21-27-22-37-28-15-8-7-14-26(28)13-6-5-9-16-32(31(36)33-27)17-19-34(20-18-32)30(35)29-24(3)11-10-12-25(29)4/h7-8,10-12,14-15,23,27H,5-6,9,13,16-22H2,1-4H3,(H,33,36)/t27-/m0/s1. The van der Waals surface area contributed by atoms with Crippen LogP contribution >= 0.6 is 0 Å². The molecule has 2 aliphatic rings. The van der Waals surface area contributed by atoms with Gasteiger partial charge in [-0.1, -0.05) is 63.1 Å². The van der Waals surface area contributed by atoms with Crippen LogP contribution in [0, 0.1) is 25.2 Å². The number of piperidine rings is 1. The smallest absolute Gasteiger partial charge is 0.254 e. The van der Waals surface area contributed by atoms with E-state index < -0.39 is 5.41 Å². The Morgan fingerprint density at radius 3 is 2.41 bits per heavy atom. The van der Waals surface area contributed by atoms with Gasteiger partial charge in [0.1, 0.15) is 12.4 Å². The number of hydrogen-bond acceptors (Lipinski definition) is 3. The van der Waals surface area contributed by atoms with Gasteiger partial charge in [0.05, 0.1) is 11.5 Å². The molecule has 2 amide bonds. The number of nitrogens with one attached hydrogen (secondary N) is 1. The molecule has 1 saturated heterocycles. The first-order chi connectivity index (χ1) is 17.8. The summed E-state index contributed by atoms with van der Waals surface area (Å²) >= 11 is 0. The number of aryl methyl sites for hydroxylation is 3. The summed E-state index contributed by atoms with van der Waals surface area (Å²) in [6, 6.07) is 14.3. The van der Waals surface area contributed by atoms with E-state index in [0.717, 1.165) is 61.0 Å². The molecule has 0 aromatic heterocycles. The molecule has 0 aliphatic carbocycles. The SMILES string of the molecule is Cc1cccc(C)c1C(=O)N1CCC2(CCCCCc3ccccc3OC[C@H](CC(C)C)NC2=O)CC1. The van der Waals surface area contributed by atoms with E-state index in [1.54, 1.807) is 0 Å². The number of amides is 2. The van der Waals surface area contributed by atoms with Gasteiger partial charge in [-0.05, 0) is 81.0 Å². The number of ether oxygens (including phenoxy) is 1. The Labute approximate surface area is 223 Å². The molecule has 2 aliphatic heterocycles. The van der Waals surface area contributed by atoms with Crippen LogP contribution in [0.4, 0.5) is 0 Å². The normalized spacial score (nSPS) is 20.7. The number of nitrogens with zero attached hydrogens (tertiary/aromatic N) is 1. The average molecular weight is 505 g/mol. The maximum atomic E-state index is 13.9. The minimum atomic E-state index is -0.423. The Balaban J connectivity index is 1.51. The van der Waals surface area contributed by atoms with Gasteiger partial charge in [-0.2, -0.15) is 0 Å². The van der Waals surface area contributed by atoms with Crippen LogP contribution in [0.15, 0.2) is 42.5 Å². The highest BCUT2D eigenvalue weighted by Gasteiger charge is 2.42. The van der Waals surface area contributed by atoms with Crippen molar-refractivity contribution in [2.45, 2.75) is 85.1 Å². The van der Waals surface area contributed by atoms with Crippen LogP contribution in [-0.4, -0.2) is 42.5 Å². The van der Waals surface area contributed by atoms with Crippen molar-refractivity contribution < 1.29 is 14.3 Å². The molecule has 200 valence electrons. The van der Waals surface area contributed by atoms with E-state index in [-0.39, 0.29) is 17.9 Å². The fourth-order valence-corrected chi connectivity index (χ4v) is 6.11. The van der Waals surface area contributed by atoms with Crippen molar-refractivity contribution in [2.24, 2.45) is 11.3 Å². The lowest BCUT2D eigenvalue weighted by Crippen LogP contribution is -2.53. The molecule has 2 aromatic rings. The van der Waals surface area contributed by atoms with E-state index in [0.29, 0.717) is 38.5 Å². The Kier molecular flexibility index (Phi) is 8.94. The third-order valence-electron chi connectivity index (χ3n) is 8.29. The second kappa shape index (κ2) is 12.1. The molecule has 2 heterocycles. The molecular formula is C32H44N2O3. The first-order valence-electron chi connectivity index (χ1n) is 14.2. The van der Waals surface area contributed by atoms with E-state index in [2.05, 4.69) is 31.3 Å². The summed E-state index contributed by atoms with van der Waals surface area (Å²) < 4.78 is 6.29. The number of rotatable bonds is 3. The van der Waals surface area contributed by atoms with Crippen molar-refractivity contribution in [3.63, 3.8) is 0 Å². The highest BCUT2D eigenvalue weighted by Crippen LogP contribution is 2.38. The zero-order valence-electron chi connectivity index (χ0n) is 23.1. The Morgan fingerprint density at radius 1 is 1.00 bits per heavy atom. The number of hydrogen-bond donors (Lipinski definition) is 1. The molecule has 0 radical (unpaired) electrons.